The quantitative estimate of drug-likeness (QED) is 0.810. The van der Waals surface area contributed by atoms with Crippen molar-refractivity contribution in [3.05, 3.63) is 21.9 Å². The lowest BCUT2D eigenvalue weighted by molar-refractivity contribution is 0.305. The van der Waals surface area contributed by atoms with Crippen LogP contribution in [0, 0.1) is 18.8 Å². The van der Waals surface area contributed by atoms with Crippen molar-refractivity contribution in [2.24, 2.45) is 11.8 Å². The molecule has 0 aliphatic heterocycles. The Hall–Kier alpha value is -0.340. The van der Waals surface area contributed by atoms with Crippen LogP contribution in [0.2, 0.25) is 0 Å². The van der Waals surface area contributed by atoms with E-state index >= 15 is 0 Å². The van der Waals surface area contributed by atoms with E-state index in [4.69, 9.17) is 0 Å². The van der Waals surface area contributed by atoms with Crippen LogP contribution in [0.15, 0.2) is 11.4 Å². The summed E-state index contributed by atoms with van der Waals surface area (Å²) in [5, 5.41) is 6.04. The van der Waals surface area contributed by atoms with Crippen LogP contribution in [0.1, 0.15) is 56.0 Å². The lowest BCUT2D eigenvalue weighted by Crippen LogP contribution is -2.30. The largest absolute Gasteiger partial charge is 0.309 e. The van der Waals surface area contributed by atoms with Gasteiger partial charge in [0.05, 0.1) is 0 Å². The Morgan fingerprint density at radius 1 is 1.47 bits per heavy atom. The fourth-order valence-electron chi connectivity index (χ4n) is 3.11. The van der Waals surface area contributed by atoms with Crippen LogP contribution in [0.5, 0.6) is 0 Å². The summed E-state index contributed by atoms with van der Waals surface area (Å²) in [6.45, 7) is 8.09. The fraction of sp³-hybridized carbons (Fsp3) is 0.733. The van der Waals surface area contributed by atoms with Crippen molar-refractivity contribution in [2.75, 3.05) is 6.54 Å². The second kappa shape index (κ2) is 6.01. The van der Waals surface area contributed by atoms with Gasteiger partial charge in [0.15, 0.2) is 0 Å². The maximum Gasteiger partial charge on any atom is 0.0448 e. The Balaban J connectivity index is 2.15. The molecule has 0 bridgehead atoms. The lowest BCUT2D eigenvalue weighted by atomic mass is 9.88. The molecule has 1 aliphatic rings. The third-order valence-corrected chi connectivity index (χ3v) is 5.26. The molecule has 1 nitrogen and oxygen atoms in total. The van der Waals surface area contributed by atoms with Gasteiger partial charge in [-0.2, -0.15) is 0 Å². The number of nitrogens with one attached hydrogen (secondary N) is 1. The molecule has 0 spiro atoms. The molecule has 1 saturated carbocycles. The SMILES string of the molecule is CCCNC(c1sccc1C)C1CCCC1C. The van der Waals surface area contributed by atoms with Gasteiger partial charge in [0.25, 0.3) is 0 Å². The van der Waals surface area contributed by atoms with E-state index in [1.54, 1.807) is 4.88 Å². The van der Waals surface area contributed by atoms with Crippen LogP contribution in [0.3, 0.4) is 0 Å². The van der Waals surface area contributed by atoms with Crippen LogP contribution < -0.4 is 5.32 Å². The highest BCUT2D eigenvalue weighted by Gasteiger charge is 2.32. The summed E-state index contributed by atoms with van der Waals surface area (Å²) in [6.07, 6.45) is 5.46. The summed E-state index contributed by atoms with van der Waals surface area (Å²) in [7, 11) is 0. The first-order chi connectivity index (χ1) is 8.24. The van der Waals surface area contributed by atoms with Gasteiger partial charge in [-0.15, -0.1) is 11.3 Å². The molecule has 1 aromatic heterocycles. The average Bonchev–Trinajstić information content (AvgIpc) is 2.90. The molecule has 0 amide bonds. The number of thiophene rings is 1. The molecule has 0 saturated heterocycles. The first-order valence-corrected chi connectivity index (χ1v) is 7.89. The molecule has 1 heterocycles. The molecule has 2 heteroatoms. The van der Waals surface area contributed by atoms with Gasteiger partial charge in [0.1, 0.15) is 0 Å². The van der Waals surface area contributed by atoms with Crippen molar-refractivity contribution in [1.82, 2.24) is 5.32 Å². The van der Waals surface area contributed by atoms with E-state index < -0.39 is 0 Å². The van der Waals surface area contributed by atoms with Crippen molar-refractivity contribution in [3.8, 4) is 0 Å². The van der Waals surface area contributed by atoms with E-state index in [-0.39, 0.29) is 0 Å². The van der Waals surface area contributed by atoms with E-state index in [9.17, 15) is 0 Å². The first kappa shape index (κ1) is 13.1. The molecule has 2 rings (SSSR count). The molecule has 3 atom stereocenters. The van der Waals surface area contributed by atoms with Gasteiger partial charge in [-0.25, -0.2) is 0 Å². The zero-order chi connectivity index (χ0) is 12.3. The number of hydrogen-bond donors (Lipinski definition) is 1. The predicted molar refractivity (Wildman–Crippen MR) is 76.6 cm³/mol. The second-order valence-corrected chi connectivity index (χ2v) is 6.42. The van der Waals surface area contributed by atoms with Crippen LogP contribution in [0.25, 0.3) is 0 Å². The van der Waals surface area contributed by atoms with Crippen molar-refractivity contribution in [2.45, 2.75) is 52.5 Å². The van der Waals surface area contributed by atoms with Gasteiger partial charge in [0.2, 0.25) is 0 Å². The zero-order valence-corrected chi connectivity index (χ0v) is 12.1. The highest BCUT2D eigenvalue weighted by molar-refractivity contribution is 7.10. The summed E-state index contributed by atoms with van der Waals surface area (Å²) >= 11 is 1.93. The Morgan fingerprint density at radius 2 is 2.29 bits per heavy atom. The molecule has 1 aromatic rings. The molecule has 17 heavy (non-hydrogen) atoms. The molecule has 1 N–H and O–H groups in total. The average molecular weight is 251 g/mol. The highest BCUT2D eigenvalue weighted by atomic mass is 32.1. The topological polar surface area (TPSA) is 12.0 Å². The fourth-order valence-corrected chi connectivity index (χ4v) is 4.19. The summed E-state index contributed by atoms with van der Waals surface area (Å²) < 4.78 is 0. The van der Waals surface area contributed by atoms with E-state index in [1.807, 2.05) is 11.3 Å². The third-order valence-electron chi connectivity index (χ3n) is 4.15. The van der Waals surface area contributed by atoms with Crippen molar-refractivity contribution < 1.29 is 0 Å². The normalized spacial score (nSPS) is 26.3. The van der Waals surface area contributed by atoms with Crippen molar-refractivity contribution in [1.29, 1.82) is 0 Å². The maximum atomic E-state index is 3.80. The molecular weight excluding hydrogens is 226 g/mol. The molecule has 1 fully saturated rings. The van der Waals surface area contributed by atoms with Gasteiger partial charge in [-0.05, 0) is 55.2 Å². The third kappa shape index (κ3) is 2.92. The van der Waals surface area contributed by atoms with Gasteiger partial charge in [-0.1, -0.05) is 26.7 Å². The van der Waals surface area contributed by atoms with Crippen LogP contribution in [-0.2, 0) is 0 Å². The monoisotopic (exact) mass is 251 g/mol. The maximum absolute atomic E-state index is 3.80. The molecule has 0 radical (unpaired) electrons. The molecule has 96 valence electrons. The Kier molecular flexibility index (Phi) is 4.63. The van der Waals surface area contributed by atoms with E-state index in [2.05, 4.69) is 37.5 Å². The van der Waals surface area contributed by atoms with E-state index in [0.29, 0.717) is 6.04 Å². The minimum absolute atomic E-state index is 0.604. The summed E-state index contributed by atoms with van der Waals surface area (Å²) in [5.41, 5.74) is 1.47. The summed E-state index contributed by atoms with van der Waals surface area (Å²) in [6, 6.07) is 2.87. The van der Waals surface area contributed by atoms with Gasteiger partial charge >= 0.3 is 0 Å². The molecule has 0 aromatic carbocycles. The minimum Gasteiger partial charge on any atom is -0.309 e. The Morgan fingerprint density at radius 3 is 2.82 bits per heavy atom. The first-order valence-electron chi connectivity index (χ1n) is 7.01. The summed E-state index contributed by atoms with van der Waals surface area (Å²) in [5.74, 6) is 1.73. The number of rotatable bonds is 5. The lowest BCUT2D eigenvalue weighted by Gasteiger charge is -2.28. The minimum atomic E-state index is 0.604. The Bertz CT molecular complexity index is 344. The number of hydrogen-bond acceptors (Lipinski definition) is 2. The van der Waals surface area contributed by atoms with Crippen molar-refractivity contribution >= 4 is 11.3 Å². The second-order valence-electron chi connectivity index (χ2n) is 5.47. The Labute approximate surface area is 110 Å². The zero-order valence-electron chi connectivity index (χ0n) is 11.3. The molecule has 1 aliphatic carbocycles. The van der Waals surface area contributed by atoms with Crippen LogP contribution in [-0.4, -0.2) is 6.54 Å². The highest BCUT2D eigenvalue weighted by Crippen LogP contribution is 2.42. The number of aryl methyl sites for hydroxylation is 1. The van der Waals surface area contributed by atoms with Crippen LogP contribution in [0.4, 0.5) is 0 Å². The van der Waals surface area contributed by atoms with Crippen molar-refractivity contribution in [3.63, 3.8) is 0 Å². The smallest absolute Gasteiger partial charge is 0.0448 e. The molecule has 3 unspecified atom stereocenters. The standard InChI is InChI=1S/C15H25NS/c1-4-9-16-14(13-7-5-6-11(13)2)15-12(3)8-10-17-15/h8,10-11,13-14,16H,4-7,9H2,1-3H3. The van der Waals surface area contributed by atoms with Gasteiger partial charge < -0.3 is 5.32 Å². The predicted octanol–water partition coefficient (Wildman–Crippen LogP) is 4.53. The molecular formula is C15H25NS. The van der Waals surface area contributed by atoms with E-state index in [1.165, 1.54) is 31.2 Å². The van der Waals surface area contributed by atoms with Crippen LogP contribution >= 0.6 is 11.3 Å². The van der Waals surface area contributed by atoms with E-state index in [0.717, 1.165) is 18.4 Å². The van der Waals surface area contributed by atoms with Gasteiger partial charge in [-0.3, -0.25) is 0 Å². The van der Waals surface area contributed by atoms with Gasteiger partial charge in [0, 0.05) is 10.9 Å². The summed E-state index contributed by atoms with van der Waals surface area (Å²) in [4.78, 5) is 1.58.